The highest BCUT2D eigenvalue weighted by atomic mass is 19.3. The van der Waals surface area contributed by atoms with Gasteiger partial charge in [-0.3, -0.25) is 4.79 Å². The molecule has 2 unspecified atom stereocenters. The molecule has 0 N–H and O–H groups in total. The van der Waals surface area contributed by atoms with Gasteiger partial charge in [0, 0.05) is 5.41 Å². The van der Waals surface area contributed by atoms with Crippen molar-refractivity contribution >= 4 is 12.3 Å². The average molecular weight is 242 g/mol. The molecule has 0 aliphatic heterocycles. The van der Waals surface area contributed by atoms with Gasteiger partial charge in [0.25, 0.3) is 0 Å². The van der Waals surface area contributed by atoms with Gasteiger partial charge < -0.3 is 4.74 Å². The van der Waals surface area contributed by atoms with Crippen molar-refractivity contribution in [3.63, 3.8) is 0 Å². The third-order valence-corrected chi connectivity index (χ3v) is 5.81. The number of carbonyl (C=O) groups is 2. The van der Waals surface area contributed by atoms with E-state index in [1.54, 1.807) is 0 Å². The summed E-state index contributed by atoms with van der Waals surface area (Å²) in [5.74, 6) is -3.89. The third-order valence-electron chi connectivity index (χ3n) is 5.81. The van der Waals surface area contributed by atoms with Gasteiger partial charge in [-0.05, 0) is 43.4 Å². The molecule has 92 valence electrons. The lowest BCUT2D eigenvalue weighted by Crippen LogP contribution is -2.89. The molecule has 4 aliphatic rings. The van der Waals surface area contributed by atoms with Crippen LogP contribution in [-0.2, 0) is 14.3 Å². The fourth-order valence-electron chi connectivity index (χ4n) is 5.30. The molecule has 0 saturated heterocycles. The lowest BCUT2D eigenvalue weighted by molar-refractivity contribution is -0.450. The molecule has 4 saturated carbocycles. The van der Waals surface area contributed by atoms with Crippen molar-refractivity contribution < 1.29 is 23.1 Å². The summed E-state index contributed by atoms with van der Waals surface area (Å²) in [6, 6.07) is 0. The van der Waals surface area contributed by atoms with Crippen LogP contribution in [-0.4, -0.2) is 23.8 Å². The van der Waals surface area contributed by atoms with E-state index in [2.05, 4.69) is 0 Å². The predicted molar refractivity (Wildman–Crippen MR) is 51.2 cm³/mol. The normalized spacial score (nSPS) is 52.7. The summed E-state index contributed by atoms with van der Waals surface area (Å²) in [4.78, 5) is 21.4. The summed E-state index contributed by atoms with van der Waals surface area (Å²) in [5.41, 5.74) is -0.575. The number of alkyl halides is 2. The fourth-order valence-corrected chi connectivity index (χ4v) is 5.30. The van der Waals surface area contributed by atoms with Crippen LogP contribution in [0.5, 0.6) is 0 Å². The Labute approximate surface area is 96.5 Å². The van der Waals surface area contributed by atoms with Gasteiger partial charge in [0.05, 0.1) is 0 Å². The molecule has 1 spiro atoms. The van der Waals surface area contributed by atoms with E-state index in [-0.39, 0.29) is 5.41 Å². The number of hydrogen-bond donors (Lipinski definition) is 0. The van der Waals surface area contributed by atoms with E-state index in [4.69, 9.17) is 4.74 Å². The van der Waals surface area contributed by atoms with Gasteiger partial charge in [0.2, 0.25) is 6.29 Å². The van der Waals surface area contributed by atoms with Gasteiger partial charge in [-0.2, -0.15) is 8.78 Å². The SMILES string of the molecule is O=CC(F)(F)C(=O)OC12CC3CC4CC(C1)C432. The van der Waals surface area contributed by atoms with Gasteiger partial charge in [0.1, 0.15) is 5.60 Å². The zero-order valence-electron chi connectivity index (χ0n) is 9.12. The standard InChI is InChI=1S/C12H12F2O3/c13-11(14,5-15)9(16)17-10-3-7-1-6-2-8(4-10)12(6,7)10/h5-8H,1-4H2. The molecule has 0 amide bonds. The maximum absolute atomic E-state index is 12.9. The first-order chi connectivity index (χ1) is 7.96. The largest absolute Gasteiger partial charge is 0.454 e. The molecule has 5 heteroatoms. The van der Waals surface area contributed by atoms with Crippen molar-refractivity contribution in [2.45, 2.75) is 37.2 Å². The summed E-state index contributed by atoms with van der Waals surface area (Å²) in [6.45, 7) is 0. The molecular weight excluding hydrogens is 230 g/mol. The Morgan fingerprint density at radius 3 is 2.24 bits per heavy atom. The number of aldehydes is 1. The first-order valence-corrected chi connectivity index (χ1v) is 6.04. The summed E-state index contributed by atoms with van der Waals surface area (Å²) in [6.07, 6.45) is 3.15. The molecule has 17 heavy (non-hydrogen) atoms. The van der Waals surface area contributed by atoms with Crippen LogP contribution in [0.15, 0.2) is 0 Å². The minimum absolute atomic E-state index is 0.0572. The first kappa shape index (κ1) is 9.97. The number of esters is 1. The molecule has 0 aromatic carbocycles. The van der Waals surface area contributed by atoms with Crippen LogP contribution < -0.4 is 0 Å². The van der Waals surface area contributed by atoms with Crippen LogP contribution in [0, 0.1) is 23.2 Å². The van der Waals surface area contributed by atoms with Crippen molar-refractivity contribution in [2.24, 2.45) is 23.2 Å². The second-order valence-electron chi connectivity index (χ2n) is 6.03. The monoisotopic (exact) mass is 242 g/mol. The minimum atomic E-state index is -3.98. The van der Waals surface area contributed by atoms with Crippen LogP contribution in [0.25, 0.3) is 0 Å². The highest BCUT2D eigenvalue weighted by molar-refractivity contribution is 5.94. The molecule has 3 nitrogen and oxygen atoms in total. The van der Waals surface area contributed by atoms with Gasteiger partial charge in [-0.1, -0.05) is 0 Å². The van der Waals surface area contributed by atoms with E-state index in [9.17, 15) is 18.4 Å². The zero-order chi connectivity index (χ0) is 12.1. The number of rotatable bonds is 3. The summed E-state index contributed by atoms with van der Waals surface area (Å²) in [5, 5.41) is 0. The second kappa shape index (κ2) is 2.40. The van der Waals surface area contributed by atoms with Crippen LogP contribution in [0.4, 0.5) is 8.78 Å². The van der Waals surface area contributed by atoms with Crippen molar-refractivity contribution in [2.75, 3.05) is 0 Å². The Bertz CT molecular complexity index is 420. The van der Waals surface area contributed by atoms with Gasteiger partial charge in [-0.15, -0.1) is 0 Å². The Kier molecular flexibility index (Phi) is 1.41. The average Bonchev–Trinajstić information content (AvgIpc) is 2.18. The third kappa shape index (κ3) is 0.754. The molecule has 4 rings (SSSR count). The van der Waals surface area contributed by atoms with E-state index in [1.807, 2.05) is 0 Å². The molecule has 4 aliphatic carbocycles. The van der Waals surface area contributed by atoms with Crippen molar-refractivity contribution in [1.82, 2.24) is 0 Å². The maximum atomic E-state index is 12.9. The van der Waals surface area contributed by atoms with E-state index >= 15 is 0 Å². The van der Waals surface area contributed by atoms with Crippen LogP contribution in [0.3, 0.4) is 0 Å². The molecule has 0 heterocycles. The quantitative estimate of drug-likeness (QED) is 0.428. The molecule has 4 fully saturated rings. The fraction of sp³-hybridized carbons (Fsp3) is 0.833. The highest BCUT2D eigenvalue weighted by Crippen LogP contribution is 2.90. The molecule has 0 bridgehead atoms. The molecule has 0 aromatic rings. The van der Waals surface area contributed by atoms with Crippen LogP contribution in [0.1, 0.15) is 25.7 Å². The first-order valence-electron chi connectivity index (χ1n) is 6.04. The van der Waals surface area contributed by atoms with Gasteiger partial charge >= 0.3 is 11.9 Å². The minimum Gasteiger partial charge on any atom is -0.454 e. The topological polar surface area (TPSA) is 43.4 Å². The van der Waals surface area contributed by atoms with Gasteiger partial charge in [-0.25, -0.2) is 4.79 Å². The van der Waals surface area contributed by atoms with Crippen molar-refractivity contribution in [3.05, 3.63) is 0 Å². The van der Waals surface area contributed by atoms with E-state index in [0.717, 1.165) is 12.8 Å². The number of hydrogen-bond acceptors (Lipinski definition) is 3. The maximum Gasteiger partial charge on any atom is 0.396 e. The zero-order valence-corrected chi connectivity index (χ0v) is 9.12. The molecular formula is C12H12F2O3. The van der Waals surface area contributed by atoms with E-state index in [1.165, 1.54) is 12.8 Å². The Morgan fingerprint density at radius 1 is 1.24 bits per heavy atom. The predicted octanol–water partition coefficient (Wildman–Crippen LogP) is 1.55. The lowest BCUT2D eigenvalue weighted by atomic mass is 9.16. The number of ether oxygens (including phenoxy) is 1. The number of carbonyl (C=O) groups excluding carboxylic acids is 2. The van der Waals surface area contributed by atoms with Crippen molar-refractivity contribution in [1.29, 1.82) is 0 Å². The summed E-state index contributed by atoms with van der Waals surface area (Å²) in [7, 11) is 0. The molecule has 2 atom stereocenters. The van der Waals surface area contributed by atoms with Gasteiger partial charge in [0.15, 0.2) is 0 Å². The summed E-state index contributed by atoms with van der Waals surface area (Å²) >= 11 is 0. The lowest BCUT2D eigenvalue weighted by Gasteiger charge is -2.89. The molecule has 0 aromatic heterocycles. The molecule has 0 radical (unpaired) electrons. The second-order valence-corrected chi connectivity index (χ2v) is 6.03. The Balaban J connectivity index is 1.55. The van der Waals surface area contributed by atoms with E-state index in [0.29, 0.717) is 17.8 Å². The van der Waals surface area contributed by atoms with Crippen molar-refractivity contribution in [3.8, 4) is 0 Å². The smallest absolute Gasteiger partial charge is 0.396 e. The number of halogens is 2. The highest BCUT2D eigenvalue weighted by Gasteiger charge is 2.90. The van der Waals surface area contributed by atoms with Crippen LogP contribution in [0.2, 0.25) is 0 Å². The Morgan fingerprint density at radius 2 is 1.82 bits per heavy atom. The van der Waals surface area contributed by atoms with Crippen LogP contribution >= 0.6 is 0 Å². The summed E-state index contributed by atoms with van der Waals surface area (Å²) < 4.78 is 30.8. The van der Waals surface area contributed by atoms with E-state index < -0.39 is 23.8 Å². The Hall–Kier alpha value is -1.00.